The average molecular weight is 265 g/mol. The highest BCUT2D eigenvalue weighted by Crippen LogP contribution is 2.34. The van der Waals surface area contributed by atoms with Crippen LogP contribution in [0.3, 0.4) is 0 Å². The predicted molar refractivity (Wildman–Crippen MR) is 75.8 cm³/mol. The molecule has 0 saturated heterocycles. The van der Waals surface area contributed by atoms with Gasteiger partial charge in [-0.2, -0.15) is 0 Å². The van der Waals surface area contributed by atoms with Crippen LogP contribution < -0.4 is 5.32 Å². The lowest BCUT2D eigenvalue weighted by Gasteiger charge is -2.28. The number of nitrogens with one attached hydrogen (secondary N) is 1. The van der Waals surface area contributed by atoms with Gasteiger partial charge in [-0.05, 0) is 61.9 Å². The zero-order valence-electron chi connectivity index (χ0n) is 12.5. The van der Waals surface area contributed by atoms with Crippen molar-refractivity contribution in [3.63, 3.8) is 0 Å². The summed E-state index contributed by atoms with van der Waals surface area (Å²) in [6, 6.07) is 0.734. The molecule has 1 N–H and O–H groups in total. The van der Waals surface area contributed by atoms with Crippen LogP contribution in [0.1, 0.15) is 77.2 Å². The third-order valence-corrected chi connectivity index (χ3v) is 4.35. The van der Waals surface area contributed by atoms with Crippen molar-refractivity contribution in [2.45, 2.75) is 71.4 Å². The Balaban J connectivity index is 1.99. The summed E-state index contributed by atoms with van der Waals surface area (Å²) in [5.41, 5.74) is 0. The molecule has 19 heavy (non-hydrogen) atoms. The van der Waals surface area contributed by atoms with Crippen molar-refractivity contribution < 1.29 is 0 Å². The van der Waals surface area contributed by atoms with E-state index in [0.29, 0.717) is 6.04 Å². The average Bonchev–Trinajstić information content (AvgIpc) is 2.94. The van der Waals surface area contributed by atoms with E-state index in [9.17, 15) is 0 Å². The molecule has 5 heteroatoms. The van der Waals surface area contributed by atoms with Gasteiger partial charge >= 0.3 is 0 Å². The van der Waals surface area contributed by atoms with Gasteiger partial charge in [0.15, 0.2) is 5.82 Å². The number of hydrogen-bond acceptors (Lipinski definition) is 4. The van der Waals surface area contributed by atoms with Crippen molar-refractivity contribution in [2.75, 3.05) is 6.54 Å². The molecule has 1 heterocycles. The molecule has 1 aliphatic rings. The first-order valence-electron chi connectivity index (χ1n) is 7.77. The molecule has 0 amide bonds. The summed E-state index contributed by atoms with van der Waals surface area (Å²) in [5, 5.41) is 15.8. The summed E-state index contributed by atoms with van der Waals surface area (Å²) >= 11 is 0. The van der Waals surface area contributed by atoms with Crippen molar-refractivity contribution in [1.82, 2.24) is 25.5 Å². The van der Waals surface area contributed by atoms with Gasteiger partial charge in [0, 0.05) is 0 Å². The van der Waals surface area contributed by atoms with Crippen LogP contribution in [-0.4, -0.2) is 26.8 Å². The Kier molecular flexibility index (Phi) is 5.31. The normalized spacial score (nSPS) is 25.4. The van der Waals surface area contributed by atoms with E-state index in [4.69, 9.17) is 0 Å². The van der Waals surface area contributed by atoms with E-state index in [0.717, 1.165) is 24.7 Å². The minimum Gasteiger partial charge on any atom is -0.307 e. The Hall–Kier alpha value is -0.970. The maximum atomic E-state index is 4.24. The zero-order valence-corrected chi connectivity index (χ0v) is 12.5. The van der Waals surface area contributed by atoms with Gasteiger partial charge in [-0.3, -0.25) is 0 Å². The van der Waals surface area contributed by atoms with Crippen LogP contribution in [0, 0.1) is 5.92 Å². The lowest BCUT2D eigenvalue weighted by molar-refractivity contribution is 0.246. The van der Waals surface area contributed by atoms with Crippen LogP contribution in [0.5, 0.6) is 0 Å². The summed E-state index contributed by atoms with van der Waals surface area (Å²) in [6.07, 6.45) is 7.51. The van der Waals surface area contributed by atoms with Crippen LogP contribution in [0.25, 0.3) is 0 Å². The molecular weight excluding hydrogens is 238 g/mol. The van der Waals surface area contributed by atoms with Crippen LogP contribution in [0.2, 0.25) is 0 Å². The van der Waals surface area contributed by atoms with E-state index < -0.39 is 0 Å². The minimum atomic E-state index is 0.235. The lowest BCUT2D eigenvalue weighted by atomic mass is 9.84. The topological polar surface area (TPSA) is 55.6 Å². The molecule has 2 rings (SSSR count). The van der Waals surface area contributed by atoms with E-state index in [1.807, 2.05) is 0 Å². The van der Waals surface area contributed by atoms with Gasteiger partial charge in [-0.1, -0.05) is 20.3 Å². The number of hydrogen-bond donors (Lipinski definition) is 1. The summed E-state index contributed by atoms with van der Waals surface area (Å²) in [6.45, 7) is 7.63. The highest BCUT2D eigenvalue weighted by molar-refractivity contribution is 4.93. The summed E-state index contributed by atoms with van der Waals surface area (Å²) in [4.78, 5) is 0. The molecular formula is C14H27N5. The Morgan fingerprint density at radius 3 is 2.63 bits per heavy atom. The summed E-state index contributed by atoms with van der Waals surface area (Å²) in [7, 11) is 0. The third kappa shape index (κ3) is 3.53. The SMILES string of the molecule is CCCNC(C)c1nnnn1C1CCC(CC)CC1. The van der Waals surface area contributed by atoms with Gasteiger partial charge in [0.25, 0.3) is 0 Å². The van der Waals surface area contributed by atoms with Crippen molar-refractivity contribution in [1.29, 1.82) is 0 Å². The molecule has 1 unspecified atom stereocenters. The molecule has 1 atom stereocenters. The van der Waals surface area contributed by atoms with Crippen LogP contribution in [-0.2, 0) is 0 Å². The molecule has 1 aliphatic carbocycles. The molecule has 1 fully saturated rings. The number of aromatic nitrogens is 4. The Bertz CT molecular complexity index is 368. The van der Waals surface area contributed by atoms with E-state index in [2.05, 4.69) is 46.3 Å². The summed E-state index contributed by atoms with van der Waals surface area (Å²) in [5.74, 6) is 1.90. The van der Waals surface area contributed by atoms with E-state index in [1.54, 1.807) is 0 Å². The fourth-order valence-corrected chi connectivity index (χ4v) is 3.00. The van der Waals surface area contributed by atoms with Crippen molar-refractivity contribution in [2.24, 2.45) is 5.92 Å². The van der Waals surface area contributed by atoms with Crippen LogP contribution in [0.4, 0.5) is 0 Å². The minimum absolute atomic E-state index is 0.235. The second-order valence-electron chi connectivity index (χ2n) is 5.74. The molecule has 1 aromatic heterocycles. The Morgan fingerprint density at radius 1 is 1.26 bits per heavy atom. The van der Waals surface area contributed by atoms with Crippen molar-refractivity contribution in [3.05, 3.63) is 5.82 Å². The quantitative estimate of drug-likeness (QED) is 0.859. The van der Waals surface area contributed by atoms with Gasteiger partial charge < -0.3 is 5.32 Å². The molecule has 0 radical (unpaired) electrons. The van der Waals surface area contributed by atoms with Crippen molar-refractivity contribution >= 4 is 0 Å². The lowest BCUT2D eigenvalue weighted by Crippen LogP contribution is -2.26. The maximum absolute atomic E-state index is 4.24. The molecule has 0 aliphatic heterocycles. The highest BCUT2D eigenvalue weighted by Gasteiger charge is 2.25. The van der Waals surface area contributed by atoms with Crippen molar-refractivity contribution in [3.8, 4) is 0 Å². The first kappa shape index (κ1) is 14.4. The van der Waals surface area contributed by atoms with Gasteiger partial charge in [0.2, 0.25) is 0 Å². The summed E-state index contributed by atoms with van der Waals surface area (Å²) < 4.78 is 2.07. The number of tetrazole rings is 1. The molecule has 1 saturated carbocycles. The molecule has 5 nitrogen and oxygen atoms in total. The maximum Gasteiger partial charge on any atom is 0.168 e. The van der Waals surface area contributed by atoms with Gasteiger partial charge in [0.05, 0.1) is 12.1 Å². The van der Waals surface area contributed by atoms with Gasteiger partial charge in [-0.15, -0.1) is 5.10 Å². The molecule has 108 valence electrons. The molecule has 0 spiro atoms. The smallest absolute Gasteiger partial charge is 0.168 e. The molecule has 1 aromatic rings. The van der Waals surface area contributed by atoms with Crippen LogP contribution in [0.15, 0.2) is 0 Å². The number of nitrogens with zero attached hydrogens (tertiary/aromatic N) is 4. The first-order chi connectivity index (χ1) is 9.26. The standard InChI is InChI=1S/C14H27N5/c1-4-10-15-11(3)14-16-17-18-19(14)13-8-6-12(5-2)7-9-13/h11-13,15H,4-10H2,1-3H3. The Morgan fingerprint density at radius 2 is 2.00 bits per heavy atom. The molecule has 0 aromatic carbocycles. The van der Waals surface area contributed by atoms with E-state index in [1.165, 1.54) is 32.1 Å². The first-order valence-corrected chi connectivity index (χ1v) is 7.77. The van der Waals surface area contributed by atoms with Gasteiger partial charge in [0.1, 0.15) is 0 Å². The zero-order chi connectivity index (χ0) is 13.7. The fourth-order valence-electron chi connectivity index (χ4n) is 3.00. The molecule has 0 bridgehead atoms. The van der Waals surface area contributed by atoms with E-state index >= 15 is 0 Å². The van der Waals surface area contributed by atoms with E-state index in [-0.39, 0.29) is 6.04 Å². The second-order valence-corrected chi connectivity index (χ2v) is 5.74. The van der Waals surface area contributed by atoms with Crippen LogP contribution >= 0.6 is 0 Å². The predicted octanol–water partition coefficient (Wildman–Crippen LogP) is 2.88. The number of rotatable bonds is 6. The second kappa shape index (κ2) is 6.98. The Labute approximate surface area is 116 Å². The fraction of sp³-hybridized carbons (Fsp3) is 0.929. The van der Waals surface area contributed by atoms with Gasteiger partial charge in [-0.25, -0.2) is 4.68 Å². The largest absolute Gasteiger partial charge is 0.307 e. The third-order valence-electron chi connectivity index (χ3n) is 4.35. The monoisotopic (exact) mass is 265 g/mol. The highest BCUT2D eigenvalue weighted by atomic mass is 15.6.